The second kappa shape index (κ2) is 4.47. The Balaban J connectivity index is 3.11. The first-order valence-electron chi connectivity index (χ1n) is 2.63. The molecule has 0 aromatic rings. The van der Waals surface area contributed by atoms with Crippen LogP contribution in [-0.4, -0.2) is 12.4 Å². The van der Waals surface area contributed by atoms with Gasteiger partial charge in [-0.25, -0.2) is 0 Å². The first-order chi connectivity index (χ1) is 3.56. The van der Waals surface area contributed by atoms with Gasteiger partial charge in [0.15, 0.2) is 0 Å². The average Bonchev–Trinajstić information content (AvgIpc) is 1.59. The lowest BCUT2D eigenvalue weighted by molar-refractivity contribution is 0.862. The number of halogens is 3. The molecule has 0 aromatic carbocycles. The van der Waals surface area contributed by atoms with Crippen LogP contribution >= 0.6 is 47.8 Å². The summed E-state index contributed by atoms with van der Waals surface area (Å²) in [6, 6.07) is 1.38. The van der Waals surface area contributed by atoms with Crippen molar-refractivity contribution in [3.05, 3.63) is 0 Å². The molecule has 0 aliphatic carbocycles. The molecule has 0 aromatic heterocycles. The quantitative estimate of drug-likeness (QED) is 0.540. The highest BCUT2D eigenvalue weighted by molar-refractivity contribution is 9.39. The summed E-state index contributed by atoms with van der Waals surface area (Å²) in [5, 5.41) is 0. The van der Waals surface area contributed by atoms with Crippen molar-refractivity contribution < 1.29 is 0 Å². The number of hydrogen-bond acceptors (Lipinski definition) is 0. The van der Waals surface area contributed by atoms with E-state index in [0.29, 0.717) is 0 Å². The molecule has 4 heteroatoms. The molecule has 0 radical (unpaired) electrons. The van der Waals surface area contributed by atoms with Crippen LogP contribution < -0.4 is 0 Å². The van der Waals surface area contributed by atoms with E-state index in [2.05, 4.69) is 47.8 Å². The zero-order valence-electron chi connectivity index (χ0n) is 4.76. The van der Waals surface area contributed by atoms with Crippen molar-refractivity contribution >= 4 is 58.0 Å². The predicted molar refractivity (Wildman–Crippen MR) is 53.5 cm³/mol. The summed E-state index contributed by atoms with van der Waals surface area (Å²) >= 11 is 10.3. The lowest BCUT2D eigenvalue weighted by atomic mass is 10.4. The average molecular weight is 325 g/mol. The standard InChI is InChI=1S/C4H9Br3Si/c5-4(6,7)2-1-3-8/h1-3H2,8H3. The second-order valence-corrected chi connectivity index (χ2v) is 9.97. The van der Waals surface area contributed by atoms with Gasteiger partial charge >= 0.3 is 0 Å². The van der Waals surface area contributed by atoms with Crippen LogP contribution in [0.1, 0.15) is 12.8 Å². The van der Waals surface area contributed by atoms with Crippen molar-refractivity contribution in [1.82, 2.24) is 0 Å². The van der Waals surface area contributed by atoms with Crippen LogP contribution in [0.4, 0.5) is 0 Å². The van der Waals surface area contributed by atoms with Crippen LogP contribution in [0.15, 0.2) is 0 Å². The summed E-state index contributed by atoms with van der Waals surface area (Å²) in [5.41, 5.74) is 0. The molecule has 0 amide bonds. The highest BCUT2D eigenvalue weighted by Gasteiger charge is 2.15. The minimum absolute atomic E-state index is 0.0113. The Kier molecular flexibility index (Phi) is 5.39. The third-order valence-electron chi connectivity index (χ3n) is 0.814. The maximum atomic E-state index is 3.43. The van der Waals surface area contributed by atoms with Crippen molar-refractivity contribution in [1.29, 1.82) is 0 Å². The van der Waals surface area contributed by atoms with Crippen molar-refractivity contribution in [2.45, 2.75) is 21.0 Å². The first kappa shape index (κ1) is 9.66. The molecule has 0 unspecified atom stereocenters. The minimum atomic E-state index is 0.0113. The zero-order chi connectivity index (χ0) is 6.62. The van der Waals surface area contributed by atoms with E-state index in [1.54, 1.807) is 0 Å². The van der Waals surface area contributed by atoms with Crippen LogP contribution in [0.3, 0.4) is 0 Å². The second-order valence-electron chi connectivity index (χ2n) is 1.72. The molecule has 0 rings (SSSR count). The Morgan fingerprint density at radius 1 is 1.25 bits per heavy atom. The highest BCUT2D eigenvalue weighted by Crippen LogP contribution is 2.38. The van der Waals surface area contributed by atoms with Crippen molar-refractivity contribution in [2.75, 3.05) is 0 Å². The third-order valence-corrected chi connectivity index (χ3v) is 2.71. The van der Waals surface area contributed by atoms with Crippen molar-refractivity contribution in [2.24, 2.45) is 0 Å². The topological polar surface area (TPSA) is 0 Å². The lowest BCUT2D eigenvalue weighted by Gasteiger charge is -2.09. The summed E-state index contributed by atoms with van der Waals surface area (Å²) in [6.45, 7) is 0. The van der Waals surface area contributed by atoms with Gasteiger partial charge in [-0.15, -0.1) is 0 Å². The van der Waals surface area contributed by atoms with Gasteiger partial charge in [0.25, 0.3) is 0 Å². The van der Waals surface area contributed by atoms with E-state index in [0.717, 1.165) is 6.42 Å². The van der Waals surface area contributed by atoms with Crippen LogP contribution in [-0.2, 0) is 0 Å². The van der Waals surface area contributed by atoms with Gasteiger partial charge in [-0.05, 0) is 6.42 Å². The molecule has 0 N–H and O–H groups in total. The van der Waals surface area contributed by atoms with E-state index < -0.39 is 0 Å². The SMILES string of the molecule is [SiH3]CCCC(Br)(Br)Br. The molecule has 0 saturated carbocycles. The molecule has 0 heterocycles. The summed E-state index contributed by atoms with van der Waals surface area (Å²) in [5.74, 6) is 0. The van der Waals surface area contributed by atoms with Gasteiger partial charge in [0.05, 0.1) is 0 Å². The number of rotatable bonds is 2. The molecule has 8 heavy (non-hydrogen) atoms. The number of alkyl halides is 3. The Morgan fingerprint density at radius 2 is 1.75 bits per heavy atom. The van der Waals surface area contributed by atoms with Gasteiger partial charge in [0.2, 0.25) is 0 Å². The summed E-state index contributed by atoms with van der Waals surface area (Å²) in [6.07, 6.45) is 2.45. The smallest absolute Gasteiger partial charge is 0.0657 e. The Hall–Kier alpha value is 1.66. The van der Waals surface area contributed by atoms with Crippen molar-refractivity contribution in [3.8, 4) is 0 Å². The molecular formula is C4H9Br3Si. The fourth-order valence-corrected chi connectivity index (χ4v) is 1.57. The van der Waals surface area contributed by atoms with Gasteiger partial charge < -0.3 is 0 Å². The summed E-state index contributed by atoms with van der Waals surface area (Å²) in [7, 11) is 1.32. The molecule has 0 aliphatic heterocycles. The van der Waals surface area contributed by atoms with E-state index in [1.165, 1.54) is 22.7 Å². The Morgan fingerprint density at radius 3 is 1.88 bits per heavy atom. The van der Waals surface area contributed by atoms with E-state index in [9.17, 15) is 0 Å². The molecule has 0 spiro atoms. The van der Waals surface area contributed by atoms with Crippen LogP contribution in [0.2, 0.25) is 6.04 Å². The highest BCUT2D eigenvalue weighted by atomic mass is 80.0. The zero-order valence-corrected chi connectivity index (χ0v) is 11.5. The van der Waals surface area contributed by atoms with Gasteiger partial charge in [0.1, 0.15) is 2.14 Å². The molecule has 0 nitrogen and oxygen atoms in total. The lowest BCUT2D eigenvalue weighted by Crippen LogP contribution is -1.97. The molecule has 0 bridgehead atoms. The molecule has 0 atom stereocenters. The van der Waals surface area contributed by atoms with Crippen LogP contribution in [0, 0.1) is 0 Å². The third kappa shape index (κ3) is 7.66. The Labute approximate surface area is 78.6 Å². The van der Waals surface area contributed by atoms with Gasteiger partial charge in [-0.1, -0.05) is 60.3 Å². The van der Waals surface area contributed by atoms with Crippen molar-refractivity contribution in [3.63, 3.8) is 0 Å². The van der Waals surface area contributed by atoms with Gasteiger partial charge in [-0.2, -0.15) is 0 Å². The van der Waals surface area contributed by atoms with Crippen LogP contribution in [0.25, 0.3) is 0 Å². The minimum Gasteiger partial charge on any atom is -0.0657 e. The normalized spacial score (nSPS) is 12.4. The summed E-state index contributed by atoms with van der Waals surface area (Å²) < 4.78 is 0.0113. The molecule has 0 aliphatic rings. The van der Waals surface area contributed by atoms with Gasteiger partial charge in [-0.3, -0.25) is 0 Å². The first-order valence-corrected chi connectivity index (χ1v) is 6.42. The predicted octanol–water partition coefficient (Wildman–Crippen LogP) is 2.39. The van der Waals surface area contributed by atoms with Crippen LogP contribution in [0.5, 0.6) is 0 Å². The molecule has 0 saturated heterocycles. The summed E-state index contributed by atoms with van der Waals surface area (Å²) in [4.78, 5) is 0. The van der Waals surface area contributed by atoms with E-state index in [4.69, 9.17) is 0 Å². The molecule has 0 fully saturated rings. The largest absolute Gasteiger partial charge is 0.135 e. The monoisotopic (exact) mass is 322 g/mol. The van der Waals surface area contributed by atoms with E-state index in [1.807, 2.05) is 0 Å². The maximum absolute atomic E-state index is 3.43. The maximum Gasteiger partial charge on any atom is 0.135 e. The fraction of sp³-hybridized carbons (Fsp3) is 1.00. The molecule has 50 valence electrons. The molecular weight excluding hydrogens is 316 g/mol. The fourth-order valence-electron chi connectivity index (χ4n) is 0.377. The van der Waals surface area contributed by atoms with E-state index in [-0.39, 0.29) is 2.14 Å². The van der Waals surface area contributed by atoms with Gasteiger partial charge in [0, 0.05) is 10.2 Å². The van der Waals surface area contributed by atoms with E-state index >= 15 is 0 Å². The number of hydrogen-bond donors (Lipinski definition) is 0. The Bertz CT molecular complexity index is 58.8.